The predicted molar refractivity (Wildman–Crippen MR) is 77.6 cm³/mol. The number of rotatable bonds is 8. The first-order valence-corrected chi connectivity index (χ1v) is 6.96. The molecule has 0 atom stereocenters. The number of benzene rings is 1. The first-order chi connectivity index (χ1) is 10.1. The highest BCUT2D eigenvalue weighted by Crippen LogP contribution is 2.24. The van der Waals surface area contributed by atoms with Crippen molar-refractivity contribution in [2.75, 3.05) is 20.2 Å². The number of hydrogen-bond donors (Lipinski definition) is 2. The Balaban J connectivity index is 1.86. The summed E-state index contributed by atoms with van der Waals surface area (Å²) in [4.78, 5) is 22.2. The molecule has 0 unspecified atom stereocenters. The van der Waals surface area contributed by atoms with Crippen LogP contribution in [0.2, 0.25) is 0 Å². The maximum Gasteiger partial charge on any atom is 0.273 e. The lowest BCUT2D eigenvalue weighted by atomic mass is 10.1. The Hall–Kier alpha value is -2.15. The van der Waals surface area contributed by atoms with Gasteiger partial charge in [0.1, 0.15) is 5.75 Å². The van der Waals surface area contributed by atoms with Crippen LogP contribution in [0.15, 0.2) is 18.2 Å². The van der Waals surface area contributed by atoms with Gasteiger partial charge in [0.2, 0.25) is 0 Å². The molecule has 1 aliphatic carbocycles. The summed E-state index contributed by atoms with van der Waals surface area (Å²) in [5.41, 5.74) is 0.204. The maximum atomic E-state index is 12.0. The number of nitrogens with zero attached hydrogens (tertiary/aromatic N) is 1. The van der Waals surface area contributed by atoms with Gasteiger partial charge >= 0.3 is 0 Å². The summed E-state index contributed by atoms with van der Waals surface area (Å²) < 4.78 is 5.05. The van der Waals surface area contributed by atoms with Crippen molar-refractivity contribution in [2.24, 2.45) is 0 Å². The van der Waals surface area contributed by atoms with Crippen LogP contribution in [0.4, 0.5) is 5.69 Å². The van der Waals surface area contributed by atoms with E-state index in [1.807, 2.05) is 0 Å². The fourth-order valence-electron chi connectivity index (χ4n) is 1.96. The number of nitro groups is 1. The van der Waals surface area contributed by atoms with Crippen LogP contribution in [0.1, 0.15) is 29.6 Å². The number of carbonyl (C=O) groups excluding carboxylic acids is 1. The zero-order valence-electron chi connectivity index (χ0n) is 11.9. The second-order valence-electron chi connectivity index (χ2n) is 4.98. The predicted octanol–water partition coefficient (Wildman–Crippen LogP) is 1.48. The third-order valence-electron chi connectivity index (χ3n) is 3.29. The SMILES string of the molecule is COc1cc([N+](=O)[O-])ccc1C(=O)NCCCNC1CC1. The van der Waals surface area contributed by atoms with Gasteiger partial charge in [0.05, 0.1) is 23.7 Å². The van der Waals surface area contributed by atoms with Crippen molar-refractivity contribution in [1.82, 2.24) is 10.6 Å². The zero-order chi connectivity index (χ0) is 15.2. The van der Waals surface area contributed by atoms with Gasteiger partial charge in [0, 0.05) is 18.7 Å². The summed E-state index contributed by atoms with van der Waals surface area (Å²) in [6.45, 7) is 1.43. The highest BCUT2D eigenvalue weighted by molar-refractivity contribution is 5.97. The molecule has 7 nitrogen and oxygen atoms in total. The maximum absolute atomic E-state index is 12.0. The van der Waals surface area contributed by atoms with Gasteiger partial charge in [-0.05, 0) is 31.9 Å². The molecular weight excluding hydrogens is 274 g/mol. The normalized spacial score (nSPS) is 13.8. The number of ether oxygens (including phenoxy) is 1. The molecule has 2 N–H and O–H groups in total. The number of nitrogens with one attached hydrogen (secondary N) is 2. The summed E-state index contributed by atoms with van der Waals surface area (Å²) in [5, 5.41) is 16.8. The number of amides is 1. The molecule has 1 fully saturated rings. The Bertz CT molecular complexity index is 529. The molecule has 0 aromatic heterocycles. The molecule has 0 spiro atoms. The van der Waals surface area contributed by atoms with E-state index in [1.54, 1.807) is 0 Å². The number of hydrogen-bond acceptors (Lipinski definition) is 5. The van der Waals surface area contributed by atoms with Gasteiger partial charge in [-0.1, -0.05) is 0 Å². The summed E-state index contributed by atoms with van der Waals surface area (Å²) in [7, 11) is 1.38. The molecule has 0 heterocycles. The molecule has 0 bridgehead atoms. The van der Waals surface area contributed by atoms with E-state index in [0.29, 0.717) is 18.2 Å². The van der Waals surface area contributed by atoms with Crippen LogP contribution in [0.3, 0.4) is 0 Å². The molecule has 0 saturated heterocycles. The third kappa shape index (κ3) is 4.42. The lowest BCUT2D eigenvalue weighted by Crippen LogP contribution is -2.28. The van der Waals surface area contributed by atoms with E-state index in [2.05, 4.69) is 10.6 Å². The van der Waals surface area contributed by atoms with Gasteiger partial charge in [-0.2, -0.15) is 0 Å². The second kappa shape index (κ2) is 7.03. The standard InChI is InChI=1S/C14H19N3O4/c1-21-13-9-11(17(19)20)5-6-12(13)14(18)16-8-2-7-15-10-3-4-10/h5-6,9-10,15H,2-4,7-8H2,1H3,(H,16,18). The molecule has 2 rings (SSSR count). The van der Waals surface area contributed by atoms with Crippen molar-refractivity contribution in [3.05, 3.63) is 33.9 Å². The summed E-state index contributed by atoms with van der Waals surface area (Å²) in [6.07, 6.45) is 3.33. The molecule has 1 amide bonds. The second-order valence-corrected chi connectivity index (χ2v) is 4.98. The monoisotopic (exact) mass is 293 g/mol. The Morgan fingerprint density at radius 3 is 2.81 bits per heavy atom. The van der Waals surface area contributed by atoms with Crippen molar-refractivity contribution >= 4 is 11.6 Å². The summed E-state index contributed by atoms with van der Waals surface area (Å²) in [5.74, 6) is -0.0778. The van der Waals surface area contributed by atoms with Crippen LogP contribution in [0.5, 0.6) is 5.75 Å². The molecule has 21 heavy (non-hydrogen) atoms. The smallest absolute Gasteiger partial charge is 0.273 e. The highest BCUT2D eigenvalue weighted by Gasteiger charge is 2.19. The molecule has 0 radical (unpaired) electrons. The van der Waals surface area contributed by atoms with E-state index in [4.69, 9.17) is 4.74 Å². The topological polar surface area (TPSA) is 93.5 Å². The molecule has 114 valence electrons. The van der Waals surface area contributed by atoms with Crippen LogP contribution in [0, 0.1) is 10.1 Å². The molecule has 1 aromatic carbocycles. The van der Waals surface area contributed by atoms with Crippen molar-refractivity contribution < 1.29 is 14.5 Å². The number of carbonyl (C=O) groups is 1. The van der Waals surface area contributed by atoms with E-state index >= 15 is 0 Å². The largest absolute Gasteiger partial charge is 0.496 e. The lowest BCUT2D eigenvalue weighted by molar-refractivity contribution is -0.384. The molecule has 1 aromatic rings. The molecular formula is C14H19N3O4. The zero-order valence-corrected chi connectivity index (χ0v) is 11.9. The van der Waals surface area contributed by atoms with E-state index < -0.39 is 4.92 Å². The number of non-ortho nitro benzene ring substituents is 1. The van der Waals surface area contributed by atoms with E-state index in [0.717, 1.165) is 13.0 Å². The Kier molecular flexibility index (Phi) is 5.10. The van der Waals surface area contributed by atoms with Crippen LogP contribution in [-0.4, -0.2) is 37.1 Å². The van der Waals surface area contributed by atoms with Gasteiger partial charge in [-0.25, -0.2) is 0 Å². The lowest BCUT2D eigenvalue weighted by Gasteiger charge is -2.09. The van der Waals surface area contributed by atoms with Crippen LogP contribution in [-0.2, 0) is 0 Å². The molecule has 1 aliphatic rings. The third-order valence-corrected chi connectivity index (χ3v) is 3.29. The Labute approximate surface area is 122 Å². The molecule has 1 saturated carbocycles. The van der Waals surface area contributed by atoms with Gasteiger partial charge in [0.25, 0.3) is 11.6 Å². The minimum atomic E-state index is -0.520. The summed E-state index contributed by atoms with van der Waals surface area (Å²) >= 11 is 0. The molecule has 0 aliphatic heterocycles. The first kappa shape index (κ1) is 15.2. The van der Waals surface area contributed by atoms with Crippen molar-refractivity contribution in [3.63, 3.8) is 0 Å². The van der Waals surface area contributed by atoms with Crippen LogP contribution >= 0.6 is 0 Å². The van der Waals surface area contributed by atoms with E-state index in [-0.39, 0.29) is 17.3 Å². The van der Waals surface area contributed by atoms with Crippen LogP contribution in [0.25, 0.3) is 0 Å². The Morgan fingerprint density at radius 1 is 1.43 bits per heavy atom. The van der Waals surface area contributed by atoms with E-state index in [9.17, 15) is 14.9 Å². The van der Waals surface area contributed by atoms with Crippen molar-refractivity contribution in [2.45, 2.75) is 25.3 Å². The van der Waals surface area contributed by atoms with Gasteiger partial charge in [-0.15, -0.1) is 0 Å². The van der Waals surface area contributed by atoms with Crippen molar-refractivity contribution in [1.29, 1.82) is 0 Å². The first-order valence-electron chi connectivity index (χ1n) is 6.96. The van der Waals surface area contributed by atoms with Gasteiger partial charge in [0.15, 0.2) is 0 Å². The van der Waals surface area contributed by atoms with Gasteiger partial charge in [-0.3, -0.25) is 14.9 Å². The minimum Gasteiger partial charge on any atom is -0.496 e. The van der Waals surface area contributed by atoms with Crippen molar-refractivity contribution in [3.8, 4) is 5.75 Å². The average Bonchev–Trinajstić information content (AvgIpc) is 3.30. The number of methoxy groups -OCH3 is 1. The van der Waals surface area contributed by atoms with E-state index in [1.165, 1.54) is 38.2 Å². The fourth-order valence-corrected chi connectivity index (χ4v) is 1.96. The number of nitro benzene ring substituents is 1. The minimum absolute atomic E-state index is 0.1000. The van der Waals surface area contributed by atoms with Gasteiger partial charge < -0.3 is 15.4 Å². The van der Waals surface area contributed by atoms with Crippen LogP contribution < -0.4 is 15.4 Å². The highest BCUT2D eigenvalue weighted by atomic mass is 16.6. The quantitative estimate of drug-likeness (QED) is 0.430. The fraction of sp³-hybridized carbons (Fsp3) is 0.500. The summed E-state index contributed by atoms with van der Waals surface area (Å²) in [6, 6.07) is 4.63. The Morgan fingerprint density at radius 2 is 2.19 bits per heavy atom. The molecule has 7 heteroatoms. The average molecular weight is 293 g/mol.